The zero-order valence-electron chi connectivity index (χ0n) is 17.3. The van der Waals surface area contributed by atoms with Crippen LogP contribution in [0.25, 0.3) is 0 Å². The molecule has 0 aromatic heterocycles. The molecule has 0 bridgehead atoms. The van der Waals surface area contributed by atoms with Crippen LogP contribution in [-0.2, 0) is 17.6 Å². The third-order valence-corrected chi connectivity index (χ3v) is 5.96. The average molecular weight is 397 g/mol. The van der Waals surface area contributed by atoms with E-state index in [1.165, 1.54) is 0 Å². The second kappa shape index (κ2) is 9.90. The van der Waals surface area contributed by atoms with E-state index in [0.717, 1.165) is 42.6 Å². The highest BCUT2D eigenvalue weighted by molar-refractivity contribution is 5.76. The van der Waals surface area contributed by atoms with Crippen LogP contribution >= 0.6 is 0 Å². The monoisotopic (exact) mass is 396 g/mol. The van der Waals surface area contributed by atoms with Gasteiger partial charge in [0.15, 0.2) is 0 Å². The van der Waals surface area contributed by atoms with E-state index in [-0.39, 0.29) is 23.7 Å². The summed E-state index contributed by atoms with van der Waals surface area (Å²) in [4.78, 5) is 15.1. The normalized spacial score (nSPS) is 19.2. The van der Waals surface area contributed by atoms with Crippen molar-refractivity contribution in [1.82, 2.24) is 10.2 Å². The zero-order valence-corrected chi connectivity index (χ0v) is 17.3. The van der Waals surface area contributed by atoms with Gasteiger partial charge in [-0.2, -0.15) is 0 Å². The first-order chi connectivity index (χ1) is 14.0. The largest absolute Gasteiger partial charge is 0.508 e. The van der Waals surface area contributed by atoms with Gasteiger partial charge in [0.1, 0.15) is 5.75 Å². The Balaban J connectivity index is 1.61. The summed E-state index contributed by atoms with van der Waals surface area (Å²) in [6.07, 6.45) is 2.03. The summed E-state index contributed by atoms with van der Waals surface area (Å²) >= 11 is 0. The topological polar surface area (TPSA) is 72.8 Å². The maximum absolute atomic E-state index is 12.7. The quantitative estimate of drug-likeness (QED) is 0.609. The molecular weight excluding hydrogens is 364 g/mol. The van der Waals surface area contributed by atoms with Gasteiger partial charge in [0, 0.05) is 18.9 Å². The Morgan fingerprint density at radius 3 is 2.52 bits per heavy atom. The van der Waals surface area contributed by atoms with Gasteiger partial charge in [-0.3, -0.25) is 4.79 Å². The number of benzene rings is 2. The second-order valence-electron chi connectivity index (χ2n) is 7.80. The van der Waals surface area contributed by atoms with Crippen molar-refractivity contribution in [3.8, 4) is 5.75 Å². The van der Waals surface area contributed by atoms with Gasteiger partial charge >= 0.3 is 0 Å². The van der Waals surface area contributed by atoms with Crippen LogP contribution in [0.3, 0.4) is 0 Å². The highest BCUT2D eigenvalue weighted by Gasteiger charge is 2.32. The van der Waals surface area contributed by atoms with Gasteiger partial charge in [-0.15, -0.1) is 0 Å². The third-order valence-electron chi connectivity index (χ3n) is 5.96. The first-order valence-corrected chi connectivity index (χ1v) is 10.6. The lowest BCUT2D eigenvalue weighted by Gasteiger charge is -2.30. The molecule has 5 nitrogen and oxygen atoms in total. The van der Waals surface area contributed by atoms with Gasteiger partial charge in [0.25, 0.3) is 0 Å². The van der Waals surface area contributed by atoms with Gasteiger partial charge in [0.05, 0.1) is 12.1 Å². The van der Waals surface area contributed by atoms with E-state index in [4.69, 9.17) is 0 Å². The predicted molar refractivity (Wildman–Crippen MR) is 115 cm³/mol. The third kappa shape index (κ3) is 5.37. The molecule has 0 saturated carbocycles. The van der Waals surface area contributed by atoms with E-state index in [2.05, 4.69) is 24.1 Å². The summed E-state index contributed by atoms with van der Waals surface area (Å²) in [5.41, 5.74) is 3.29. The molecule has 0 aliphatic heterocycles. The summed E-state index contributed by atoms with van der Waals surface area (Å²) in [7, 11) is 0. The van der Waals surface area contributed by atoms with Gasteiger partial charge in [-0.1, -0.05) is 50.2 Å². The van der Waals surface area contributed by atoms with Gasteiger partial charge in [-0.05, 0) is 54.8 Å². The molecule has 29 heavy (non-hydrogen) atoms. The van der Waals surface area contributed by atoms with Crippen molar-refractivity contribution in [2.75, 3.05) is 13.1 Å². The maximum atomic E-state index is 12.7. The molecule has 0 spiro atoms. The molecule has 2 aromatic rings. The molecule has 3 atom stereocenters. The second-order valence-corrected chi connectivity index (χ2v) is 7.80. The van der Waals surface area contributed by atoms with Crippen LogP contribution < -0.4 is 5.32 Å². The highest BCUT2D eigenvalue weighted by atomic mass is 16.3. The lowest BCUT2D eigenvalue weighted by Crippen LogP contribution is -2.39. The summed E-state index contributed by atoms with van der Waals surface area (Å²) in [6.45, 7) is 6.13. The van der Waals surface area contributed by atoms with Crippen molar-refractivity contribution in [3.05, 3.63) is 65.2 Å². The Morgan fingerprint density at radius 1 is 1.14 bits per heavy atom. The molecule has 3 N–H and O–H groups in total. The van der Waals surface area contributed by atoms with E-state index in [9.17, 15) is 15.0 Å². The van der Waals surface area contributed by atoms with Gasteiger partial charge in [-0.25, -0.2) is 0 Å². The number of nitrogens with zero attached hydrogens (tertiary/aromatic N) is 1. The van der Waals surface area contributed by atoms with Crippen LogP contribution in [0.5, 0.6) is 5.75 Å². The predicted octanol–water partition coefficient (Wildman–Crippen LogP) is 3.20. The highest BCUT2D eigenvalue weighted by Crippen LogP contribution is 2.31. The van der Waals surface area contributed by atoms with Crippen molar-refractivity contribution in [2.45, 2.75) is 57.7 Å². The number of likely N-dealkylation sites (N-methyl/N-ethyl adjacent to an activating group) is 1. The van der Waals surface area contributed by atoms with Crippen molar-refractivity contribution in [1.29, 1.82) is 0 Å². The summed E-state index contributed by atoms with van der Waals surface area (Å²) in [5.74, 6) is 0.247. The fourth-order valence-electron chi connectivity index (χ4n) is 4.35. The summed E-state index contributed by atoms with van der Waals surface area (Å²) < 4.78 is 0. The van der Waals surface area contributed by atoms with Gasteiger partial charge in [0.2, 0.25) is 5.91 Å². The molecule has 0 fully saturated rings. The minimum absolute atomic E-state index is 0.0198. The number of hydrogen-bond acceptors (Lipinski definition) is 4. The number of aliphatic hydroxyl groups excluding tert-OH is 1. The molecule has 156 valence electrons. The number of phenolic OH excluding ortho intramolecular Hbond substituents is 1. The van der Waals surface area contributed by atoms with E-state index < -0.39 is 6.10 Å². The lowest BCUT2D eigenvalue weighted by molar-refractivity contribution is -0.123. The molecule has 1 amide bonds. The summed E-state index contributed by atoms with van der Waals surface area (Å²) in [6, 6.07) is 15.1. The van der Waals surface area contributed by atoms with Crippen LogP contribution in [0.4, 0.5) is 0 Å². The Labute approximate surface area is 173 Å². The average Bonchev–Trinajstić information content (AvgIpc) is 3.03. The number of amides is 1. The van der Waals surface area contributed by atoms with Crippen LogP contribution in [0.1, 0.15) is 49.4 Å². The van der Waals surface area contributed by atoms with Crippen molar-refractivity contribution in [3.63, 3.8) is 0 Å². The first-order valence-electron chi connectivity index (χ1n) is 10.6. The number of hydrogen-bond donors (Lipinski definition) is 3. The lowest BCUT2D eigenvalue weighted by atomic mass is 9.99. The van der Waals surface area contributed by atoms with Crippen molar-refractivity contribution >= 4 is 5.91 Å². The minimum Gasteiger partial charge on any atom is -0.508 e. The number of aromatic hydroxyl groups is 1. The number of aliphatic hydroxyl groups is 1. The molecule has 0 radical (unpaired) electrons. The first kappa shape index (κ1) is 21.3. The molecule has 1 aliphatic rings. The van der Waals surface area contributed by atoms with Crippen LogP contribution in [0, 0.1) is 0 Å². The molecule has 0 heterocycles. The van der Waals surface area contributed by atoms with E-state index in [1.54, 1.807) is 12.1 Å². The number of phenols is 1. The fourth-order valence-corrected chi connectivity index (χ4v) is 4.35. The van der Waals surface area contributed by atoms with Gasteiger partial charge < -0.3 is 20.4 Å². The van der Waals surface area contributed by atoms with Crippen LogP contribution in [-0.4, -0.2) is 46.3 Å². The standard InChI is InChI=1S/C24H32N2O3/c1-3-26(4-2)19(15-17-9-12-20(27)13-10-17)11-14-23(29)25-24-21-8-6-5-7-18(21)16-22(24)28/h5-10,12-13,19,22,24,27-28H,3-4,11,14-16H2,1-2H3,(H,25,29)/t19-,22+,24-/m1/s1. The number of carbonyl (C=O) groups is 1. The number of nitrogens with one attached hydrogen (secondary N) is 1. The number of fused-ring (bicyclic) bond motifs is 1. The fraction of sp³-hybridized carbons (Fsp3) is 0.458. The molecule has 3 rings (SSSR count). The Kier molecular flexibility index (Phi) is 7.29. The molecule has 1 aliphatic carbocycles. The van der Waals surface area contributed by atoms with Crippen molar-refractivity contribution in [2.24, 2.45) is 0 Å². The van der Waals surface area contributed by atoms with E-state index in [1.807, 2.05) is 36.4 Å². The Bertz CT molecular complexity index is 802. The smallest absolute Gasteiger partial charge is 0.220 e. The van der Waals surface area contributed by atoms with E-state index in [0.29, 0.717) is 12.8 Å². The SMILES string of the molecule is CCN(CC)[C@H](CCC(=O)N[C@@H]1c2ccccc2C[C@@H]1O)Cc1ccc(O)cc1. The number of rotatable bonds is 9. The van der Waals surface area contributed by atoms with Crippen LogP contribution in [0.15, 0.2) is 48.5 Å². The minimum atomic E-state index is -0.563. The zero-order chi connectivity index (χ0) is 20.8. The Morgan fingerprint density at radius 2 is 1.83 bits per heavy atom. The molecular formula is C24H32N2O3. The van der Waals surface area contributed by atoms with Crippen LogP contribution in [0.2, 0.25) is 0 Å². The summed E-state index contributed by atoms with van der Waals surface area (Å²) in [5, 5.41) is 22.9. The molecule has 0 saturated heterocycles. The Hall–Kier alpha value is -2.37. The molecule has 2 aromatic carbocycles. The van der Waals surface area contributed by atoms with Crippen molar-refractivity contribution < 1.29 is 15.0 Å². The molecule has 5 heteroatoms. The number of carbonyl (C=O) groups excluding carboxylic acids is 1. The van der Waals surface area contributed by atoms with E-state index >= 15 is 0 Å². The maximum Gasteiger partial charge on any atom is 0.220 e. The molecule has 0 unspecified atom stereocenters.